The molecule has 0 aliphatic carbocycles. The summed E-state index contributed by atoms with van der Waals surface area (Å²) in [6.07, 6.45) is 1.81. The van der Waals surface area contributed by atoms with Gasteiger partial charge in [-0.1, -0.05) is 12.1 Å². The number of para-hydroxylation sites is 1. The van der Waals surface area contributed by atoms with Crippen LogP contribution in [0.15, 0.2) is 28.9 Å². The highest BCUT2D eigenvalue weighted by Crippen LogP contribution is 2.29. The summed E-state index contributed by atoms with van der Waals surface area (Å²) in [6, 6.07) is 6.01. The van der Waals surface area contributed by atoms with E-state index in [0.717, 1.165) is 23.3 Å². The lowest BCUT2D eigenvalue weighted by atomic mass is 10.1. The zero-order valence-corrected chi connectivity index (χ0v) is 11.5. The third kappa shape index (κ3) is 2.85. The number of fused-ring (bicyclic) bond motifs is 1. The van der Waals surface area contributed by atoms with Gasteiger partial charge in [-0.25, -0.2) is 0 Å². The lowest BCUT2D eigenvalue weighted by Crippen LogP contribution is -2.34. The van der Waals surface area contributed by atoms with Crippen LogP contribution < -0.4 is 10.1 Å². The van der Waals surface area contributed by atoms with Crippen molar-refractivity contribution in [2.75, 3.05) is 6.61 Å². The normalized spacial score (nSPS) is 12.0. The molecule has 18 heavy (non-hydrogen) atoms. The fraction of sp³-hybridized carbons (Fsp3) is 0.467. The molecule has 0 amide bonds. The maximum atomic E-state index is 5.63. The molecule has 3 heteroatoms. The summed E-state index contributed by atoms with van der Waals surface area (Å²) in [5.74, 6) is 0.817. The molecule has 3 nitrogen and oxygen atoms in total. The van der Waals surface area contributed by atoms with Gasteiger partial charge < -0.3 is 14.5 Å². The molecule has 0 aliphatic heterocycles. The summed E-state index contributed by atoms with van der Waals surface area (Å²) < 4.78 is 11.2. The molecule has 0 unspecified atom stereocenters. The Hall–Kier alpha value is -1.48. The van der Waals surface area contributed by atoms with E-state index in [1.807, 2.05) is 25.3 Å². The van der Waals surface area contributed by atoms with Gasteiger partial charge in [-0.15, -0.1) is 0 Å². The Morgan fingerprint density at radius 1 is 1.28 bits per heavy atom. The van der Waals surface area contributed by atoms with Gasteiger partial charge in [0.25, 0.3) is 0 Å². The number of rotatable bonds is 4. The smallest absolute Gasteiger partial charge is 0.176 e. The minimum absolute atomic E-state index is 0.0983. The molecule has 0 spiro atoms. The summed E-state index contributed by atoms with van der Waals surface area (Å²) in [6.45, 7) is 9.88. The summed E-state index contributed by atoms with van der Waals surface area (Å²) in [5.41, 5.74) is 2.10. The number of furan rings is 1. The Morgan fingerprint density at radius 3 is 2.72 bits per heavy atom. The maximum Gasteiger partial charge on any atom is 0.176 e. The zero-order chi connectivity index (χ0) is 13.2. The van der Waals surface area contributed by atoms with Crippen molar-refractivity contribution in [3.05, 3.63) is 30.0 Å². The van der Waals surface area contributed by atoms with Crippen LogP contribution in [0.3, 0.4) is 0 Å². The summed E-state index contributed by atoms with van der Waals surface area (Å²) >= 11 is 0. The fourth-order valence-electron chi connectivity index (χ4n) is 1.85. The van der Waals surface area contributed by atoms with Crippen LogP contribution in [0.2, 0.25) is 0 Å². The van der Waals surface area contributed by atoms with Gasteiger partial charge in [0.05, 0.1) is 12.9 Å². The Morgan fingerprint density at radius 2 is 2.06 bits per heavy atom. The van der Waals surface area contributed by atoms with Crippen LogP contribution in [0.25, 0.3) is 11.0 Å². The molecule has 0 fully saturated rings. The highest BCUT2D eigenvalue weighted by molar-refractivity contribution is 5.86. The van der Waals surface area contributed by atoms with Gasteiger partial charge in [0.1, 0.15) is 0 Å². The Labute approximate surface area is 108 Å². The van der Waals surface area contributed by atoms with E-state index in [0.29, 0.717) is 6.61 Å². The van der Waals surface area contributed by atoms with Crippen LogP contribution in [-0.2, 0) is 6.54 Å². The van der Waals surface area contributed by atoms with E-state index < -0.39 is 0 Å². The van der Waals surface area contributed by atoms with Crippen molar-refractivity contribution in [3.8, 4) is 5.75 Å². The van der Waals surface area contributed by atoms with Crippen LogP contribution in [0.4, 0.5) is 0 Å². The predicted octanol–water partition coefficient (Wildman–Crippen LogP) is 3.72. The van der Waals surface area contributed by atoms with Crippen molar-refractivity contribution in [1.82, 2.24) is 5.32 Å². The second kappa shape index (κ2) is 5.02. The van der Waals surface area contributed by atoms with Crippen LogP contribution >= 0.6 is 0 Å². The number of nitrogens with one attached hydrogen (secondary N) is 1. The average molecular weight is 247 g/mol. The Bertz CT molecular complexity index is 523. The molecule has 0 saturated carbocycles. The molecular weight excluding hydrogens is 226 g/mol. The standard InChI is InChI=1S/C15H21NO2/c1-5-17-13-8-6-7-12-11(10-18-14(12)13)9-16-15(2,3)4/h6-8,10,16H,5,9H2,1-4H3. The highest BCUT2D eigenvalue weighted by Gasteiger charge is 2.13. The fourth-order valence-corrected chi connectivity index (χ4v) is 1.85. The molecule has 0 aliphatic rings. The van der Waals surface area contributed by atoms with Crippen LogP contribution in [0.1, 0.15) is 33.3 Å². The van der Waals surface area contributed by atoms with E-state index in [1.54, 1.807) is 0 Å². The van der Waals surface area contributed by atoms with E-state index in [-0.39, 0.29) is 5.54 Å². The first-order chi connectivity index (χ1) is 8.51. The molecule has 0 radical (unpaired) electrons. The van der Waals surface area contributed by atoms with Crippen molar-refractivity contribution < 1.29 is 9.15 Å². The van der Waals surface area contributed by atoms with Gasteiger partial charge in [-0.2, -0.15) is 0 Å². The molecule has 0 atom stereocenters. The van der Waals surface area contributed by atoms with Crippen molar-refractivity contribution in [3.63, 3.8) is 0 Å². The molecule has 0 bridgehead atoms. The predicted molar refractivity (Wildman–Crippen MR) is 74.0 cm³/mol. The molecule has 1 aromatic heterocycles. The van der Waals surface area contributed by atoms with E-state index >= 15 is 0 Å². The average Bonchev–Trinajstić information content (AvgIpc) is 2.70. The summed E-state index contributed by atoms with van der Waals surface area (Å²) in [4.78, 5) is 0. The minimum Gasteiger partial charge on any atom is -0.490 e. The van der Waals surface area contributed by atoms with E-state index in [4.69, 9.17) is 9.15 Å². The van der Waals surface area contributed by atoms with Crippen molar-refractivity contribution in [1.29, 1.82) is 0 Å². The largest absolute Gasteiger partial charge is 0.490 e. The van der Waals surface area contributed by atoms with Crippen molar-refractivity contribution in [2.45, 2.75) is 39.8 Å². The van der Waals surface area contributed by atoms with Gasteiger partial charge in [0.2, 0.25) is 0 Å². The number of benzene rings is 1. The Kier molecular flexibility index (Phi) is 3.62. The van der Waals surface area contributed by atoms with E-state index in [9.17, 15) is 0 Å². The third-order valence-electron chi connectivity index (χ3n) is 2.75. The van der Waals surface area contributed by atoms with E-state index in [2.05, 4.69) is 32.2 Å². The first-order valence-electron chi connectivity index (χ1n) is 6.38. The summed E-state index contributed by atoms with van der Waals surface area (Å²) in [7, 11) is 0. The SMILES string of the molecule is CCOc1cccc2c(CNC(C)(C)C)coc12. The monoisotopic (exact) mass is 247 g/mol. The quantitative estimate of drug-likeness (QED) is 0.894. The molecular formula is C15H21NO2. The minimum atomic E-state index is 0.0983. The van der Waals surface area contributed by atoms with Crippen molar-refractivity contribution in [2.24, 2.45) is 0 Å². The lowest BCUT2D eigenvalue weighted by Gasteiger charge is -2.19. The van der Waals surface area contributed by atoms with Gasteiger partial charge in [0, 0.05) is 23.0 Å². The van der Waals surface area contributed by atoms with Crippen LogP contribution in [-0.4, -0.2) is 12.1 Å². The summed E-state index contributed by atoms with van der Waals surface area (Å²) in [5, 5.41) is 4.59. The maximum absolute atomic E-state index is 5.63. The highest BCUT2D eigenvalue weighted by atomic mass is 16.5. The topological polar surface area (TPSA) is 34.4 Å². The number of hydrogen-bond donors (Lipinski definition) is 1. The van der Waals surface area contributed by atoms with Crippen LogP contribution in [0.5, 0.6) is 5.75 Å². The second-order valence-corrected chi connectivity index (χ2v) is 5.43. The molecule has 1 heterocycles. The number of hydrogen-bond acceptors (Lipinski definition) is 3. The van der Waals surface area contributed by atoms with Gasteiger partial charge in [0.15, 0.2) is 11.3 Å². The Balaban J connectivity index is 2.28. The first-order valence-corrected chi connectivity index (χ1v) is 6.38. The molecule has 2 rings (SSSR count). The molecule has 1 N–H and O–H groups in total. The van der Waals surface area contributed by atoms with Gasteiger partial charge in [-0.3, -0.25) is 0 Å². The third-order valence-corrected chi connectivity index (χ3v) is 2.75. The molecule has 1 aromatic carbocycles. The van der Waals surface area contributed by atoms with Crippen molar-refractivity contribution >= 4 is 11.0 Å². The second-order valence-electron chi connectivity index (χ2n) is 5.43. The first kappa shape index (κ1) is 13.0. The molecule has 0 saturated heterocycles. The number of ether oxygens (including phenoxy) is 1. The van der Waals surface area contributed by atoms with Gasteiger partial charge >= 0.3 is 0 Å². The zero-order valence-electron chi connectivity index (χ0n) is 11.5. The molecule has 2 aromatic rings. The van der Waals surface area contributed by atoms with Crippen LogP contribution in [0, 0.1) is 0 Å². The van der Waals surface area contributed by atoms with Gasteiger partial charge in [-0.05, 0) is 33.8 Å². The molecule has 98 valence electrons. The van der Waals surface area contributed by atoms with E-state index in [1.165, 1.54) is 5.56 Å². The lowest BCUT2D eigenvalue weighted by molar-refractivity contribution is 0.338.